The summed E-state index contributed by atoms with van der Waals surface area (Å²) in [6.45, 7) is 0. The van der Waals surface area contributed by atoms with Crippen molar-refractivity contribution in [3.8, 4) is 61.8 Å². The molecule has 0 unspecified atom stereocenters. The van der Waals surface area contributed by atoms with Gasteiger partial charge in [0.1, 0.15) is 0 Å². The first-order valence-corrected chi connectivity index (χ1v) is 16.6. The number of benzene rings is 7. The minimum Gasteiger partial charge on any atom is -0.310 e. The minimum atomic E-state index is 0.841. The average Bonchev–Trinajstić information content (AvgIpc) is 3.73. The Labute approximate surface area is 285 Å². The van der Waals surface area contributed by atoms with E-state index in [9.17, 15) is 0 Å². The molecule has 0 amide bonds. The highest BCUT2D eigenvalue weighted by atomic mass is 15.3. The topological polar surface area (TPSA) is 35.6 Å². The van der Waals surface area contributed by atoms with Crippen molar-refractivity contribution in [2.24, 2.45) is 7.05 Å². The number of hydrogen-bond acceptors (Lipinski definition) is 2. The fourth-order valence-electron chi connectivity index (χ4n) is 7.15. The zero-order chi connectivity index (χ0) is 32.7. The normalized spacial score (nSPS) is 11.4. The Bertz CT molecular complexity index is 2540. The van der Waals surface area contributed by atoms with Gasteiger partial charge in [0.05, 0.1) is 11.0 Å². The molecule has 4 heteroatoms. The van der Waals surface area contributed by atoms with Crippen LogP contribution in [0.1, 0.15) is 0 Å². The van der Waals surface area contributed by atoms with Gasteiger partial charge in [0.2, 0.25) is 0 Å². The third kappa shape index (κ3) is 4.93. The van der Waals surface area contributed by atoms with Crippen LogP contribution in [0.15, 0.2) is 176 Å². The number of nitrogens with zero attached hydrogens (tertiary/aromatic N) is 4. The van der Waals surface area contributed by atoms with Crippen LogP contribution in [-0.2, 0) is 7.05 Å². The lowest BCUT2D eigenvalue weighted by atomic mass is 9.89. The van der Waals surface area contributed by atoms with Crippen LogP contribution in [0.3, 0.4) is 0 Å². The molecule has 0 saturated heterocycles. The summed E-state index contributed by atoms with van der Waals surface area (Å²) in [5.41, 5.74) is 12.8. The van der Waals surface area contributed by atoms with Crippen molar-refractivity contribution in [1.29, 1.82) is 0 Å². The predicted octanol–water partition coefficient (Wildman–Crippen LogP) is 11.2. The molecular formula is C45H32N4. The molecule has 9 rings (SSSR count). The summed E-state index contributed by atoms with van der Waals surface area (Å²) in [5.74, 6) is 1.69. The smallest absolute Gasteiger partial charge is 0.163 e. The van der Waals surface area contributed by atoms with Crippen LogP contribution in [0.2, 0.25) is 0 Å². The van der Waals surface area contributed by atoms with Crippen LogP contribution in [0.4, 0.5) is 0 Å². The first-order chi connectivity index (χ1) is 24.2. The zero-order valence-corrected chi connectivity index (χ0v) is 27.0. The highest BCUT2D eigenvalue weighted by Crippen LogP contribution is 2.39. The molecule has 0 atom stereocenters. The van der Waals surface area contributed by atoms with E-state index in [4.69, 9.17) is 0 Å². The number of para-hydroxylation sites is 2. The van der Waals surface area contributed by atoms with E-state index in [2.05, 4.69) is 177 Å². The number of rotatable bonds is 6. The molecule has 2 heterocycles. The highest BCUT2D eigenvalue weighted by molar-refractivity contribution is 6.09. The molecule has 0 aliphatic carbocycles. The molecule has 0 radical (unpaired) electrons. The number of hydrogen-bond donors (Lipinski definition) is 0. The van der Waals surface area contributed by atoms with Crippen LogP contribution >= 0.6 is 0 Å². The molecule has 0 saturated carbocycles. The second-order valence-electron chi connectivity index (χ2n) is 12.4. The average molecular weight is 629 g/mol. The van der Waals surface area contributed by atoms with E-state index in [1.807, 2.05) is 25.2 Å². The summed E-state index contributed by atoms with van der Waals surface area (Å²) < 4.78 is 4.42. The van der Waals surface area contributed by atoms with Gasteiger partial charge in [-0.05, 0) is 57.6 Å². The van der Waals surface area contributed by atoms with Crippen LogP contribution in [-0.4, -0.2) is 19.3 Å². The first-order valence-electron chi connectivity index (χ1n) is 16.6. The lowest BCUT2D eigenvalue weighted by Crippen LogP contribution is -1.96. The summed E-state index contributed by atoms with van der Waals surface area (Å²) in [7, 11) is 2.02. The molecule has 2 aromatic heterocycles. The van der Waals surface area contributed by atoms with Crippen molar-refractivity contribution in [3.05, 3.63) is 176 Å². The van der Waals surface area contributed by atoms with Crippen molar-refractivity contribution in [2.45, 2.75) is 0 Å². The van der Waals surface area contributed by atoms with E-state index in [0.717, 1.165) is 34.0 Å². The number of aromatic nitrogens is 4. The molecule has 0 fully saturated rings. The van der Waals surface area contributed by atoms with Crippen LogP contribution in [0, 0.1) is 0 Å². The van der Waals surface area contributed by atoms with Crippen molar-refractivity contribution in [3.63, 3.8) is 0 Å². The van der Waals surface area contributed by atoms with Gasteiger partial charge in [-0.3, -0.25) is 0 Å². The van der Waals surface area contributed by atoms with E-state index >= 15 is 0 Å². The minimum absolute atomic E-state index is 0.841. The zero-order valence-electron chi connectivity index (χ0n) is 27.0. The monoisotopic (exact) mass is 628 g/mol. The quantitative estimate of drug-likeness (QED) is 0.184. The third-order valence-electron chi connectivity index (χ3n) is 9.52. The highest BCUT2D eigenvalue weighted by Gasteiger charge is 2.16. The lowest BCUT2D eigenvalue weighted by molar-refractivity contribution is 0.930. The molecule has 9 aromatic rings. The van der Waals surface area contributed by atoms with Gasteiger partial charge in [-0.15, -0.1) is 10.2 Å². The van der Waals surface area contributed by atoms with Gasteiger partial charge in [-0.1, -0.05) is 152 Å². The lowest BCUT2D eigenvalue weighted by Gasteiger charge is -2.16. The van der Waals surface area contributed by atoms with Crippen molar-refractivity contribution in [2.75, 3.05) is 0 Å². The maximum absolute atomic E-state index is 4.54. The molecule has 0 N–H and O–H groups in total. The largest absolute Gasteiger partial charge is 0.310 e. The summed E-state index contributed by atoms with van der Waals surface area (Å²) >= 11 is 0. The van der Waals surface area contributed by atoms with Gasteiger partial charge in [-0.2, -0.15) is 0 Å². The van der Waals surface area contributed by atoms with Gasteiger partial charge in [0.25, 0.3) is 0 Å². The molecule has 0 bridgehead atoms. The summed E-state index contributed by atoms with van der Waals surface area (Å²) in [4.78, 5) is 0. The molecule has 4 nitrogen and oxygen atoms in total. The van der Waals surface area contributed by atoms with E-state index in [1.54, 1.807) is 0 Å². The Morgan fingerprint density at radius 3 is 1.27 bits per heavy atom. The fourth-order valence-corrected chi connectivity index (χ4v) is 7.15. The standard InChI is InChI=1S/C45H32N4/c1-48-44(33-13-3-2-4-14-33)46-47-45(48)34-25-23-31(24-26-34)36-15-5-7-17-38(36)39-18-8-6-16-37(39)32-27-29-35(30-28-32)49-42-21-11-9-19-40(42)41-20-10-12-22-43(41)49/h2-30H,1H3. The Balaban J connectivity index is 1.07. The van der Waals surface area contributed by atoms with Crippen molar-refractivity contribution >= 4 is 21.8 Å². The number of fused-ring (bicyclic) bond motifs is 3. The molecule has 7 aromatic carbocycles. The second-order valence-corrected chi connectivity index (χ2v) is 12.4. The maximum Gasteiger partial charge on any atom is 0.163 e. The maximum atomic E-state index is 4.54. The van der Waals surface area contributed by atoms with Crippen molar-refractivity contribution in [1.82, 2.24) is 19.3 Å². The van der Waals surface area contributed by atoms with E-state index in [-0.39, 0.29) is 0 Å². The summed E-state index contributed by atoms with van der Waals surface area (Å²) in [5, 5.41) is 11.6. The first kappa shape index (κ1) is 28.7. The SMILES string of the molecule is Cn1c(-c2ccccc2)nnc1-c1ccc(-c2ccccc2-c2ccccc2-c2ccc(-n3c4ccccc4c4ccccc43)cc2)cc1. The van der Waals surface area contributed by atoms with E-state index in [1.165, 1.54) is 49.6 Å². The molecule has 0 aliphatic rings. The summed E-state index contributed by atoms with van der Waals surface area (Å²) in [6, 6.07) is 62.5. The Morgan fingerprint density at radius 1 is 0.347 bits per heavy atom. The predicted molar refractivity (Wildman–Crippen MR) is 203 cm³/mol. The third-order valence-corrected chi connectivity index (χ3v) is 9.52. The molecule has 232 valence electrons. The van der Waals surface area contributed by atoms with Gasteiger partial charge in [0.15, 0.2) is 11.6 Å². The van der Waals surface area contributed by atoms with Crippen LogP contribution in [0.25, 0.3) is 83.6 Å². The van der Waals surface area contributed by atoms with Gasteiger partial charge in [0, 0.05) is 34.6 Å². The second kappa shape index (κ2) is 11.9. The van der Waals surface area contributed by atoms with Gasteiger partial charge >= 0.3 is 0 Å². The molecule has 0 spiro atoms. The van der Waals surface area contributed by atoms with Crippen LogP contribution in [0.5, 0.6) is 0 Å². The summed E-state index contributed by atoms with van der Waals surface area (Å²) in [6.07, 6.45) is 0. The van der Waals surface area contributed by atoms with Crippen molar-refractivity contribution < 1.29 is 0 Å². The molecule has 49 heavy (non-hydrogen) atoms. The Morgan fingerprint density at radius 2 is 0.735 bits per heavy atom. The van der Waals surface area contributed by atoms with E-state index in [0.29, 0.717) is 0 Å². The molecular weight excluding hydrogens is 597 g/mol. The van der Waals surface area contributed by atoms with Gasteiger partial charge < -0.3 is 9.13 Å². The Hall–Kier alpha value is -6.52. The van der Waals surface area contributed by atoms with E-state index < -0.39 is 0 Å². The fraction of sp³-hybridized carbons (Fsp3) is 0.0222. The Kier molecular flexibility index (Phi) is 6.98. The molecule has 0 aliphatic heterocycles. The van der Waals surface area contributed by atoms with Gasteiger partial charge in [-0.25, -0.2) is 0 Å². The van der Waals surface area contributed by atoms with Crippen LogP contribution < -0.4 is 0 Å².